The first-order valence-electron chi connectivity index (χ1n) is 11.3. The molecule has 0 unspecified atom stereocenters. The highest BCUT2D eigenvalue weighted by molar-refractivity contribution is 7.80. The van der Waals surface area contributed by atoms with Crippen LogP contribution in [0.2, 0.25) is 0 Å². The van der Waals surface area contributed by atoms with Crippen molar-refractivity contribution in [3.05, 3.63) is 90.8 Å². The fourth-order valence-electron chi connectivity index (χ4n) is 3.99. The van der Waals surface area contributed by atoms with Crippen LogP contribution < -0.4 is 20.2 Å². The van der Waals surface area contributed by atoms with Crippen LogP contribution in [-0.2, 0) is 0 Å². The molecule has 192 valence electrons. The molecule has 0 aliphatic rings. The van der Waals surface area contributed by atoms with Gasteiger partial charge in [0.1, 0.15) is 17.8 Å². The van der Waals surface area contributed by atoms with Crippen LogP contribution >= 0.6 is 12.2 Å². The van der Waals surface area contributed by atoms with E-state index in [0.717, 1.165) is 33.1 Å². The van der Waals surface area contributed by atoms with Crippen LogP contribution in [-0.4, -0.2) is 34.4 Å². The van der Waals surface area contributed by atoms with Crippen LogP contribution in [0.25, 0.3) is 27.5 Å². The van der Waals surface area contributed by atoms with Crippen LogP contribution in [0.4, 0.5) is 18.9 Å². The van der Waals surface area contributed by atoms with Gasteiger partial charge in [-0.3, -0.25) is 9.99 Å². The molecule has 2 N–H and O–H groups in total. The molecule has 0 amide bonds. The second-order valence-corrected chi connectivity index (χ2v) is 8.50. The number of methoxy groups -OCH3 is 1. The predicted octanol–water partition coefficient (Wildman–Crippen LogP) is 6.41. The number of alkyl halides is 3. The van der Waals surface area contributed by atoms with Crippen molar-refractivity contribution >= 4 is 51.0 Å². The molecule has 1 aromatic heterocycles. The Morgan fingerprint density at radius 3 is 2.58 bits per heavy atom. The maximum Gasteiger partial charge on any atom is 0.573 e. The van der Waals surface area contributed by atoms with Gasteiger partial charge in [-0.2, -0.15) is 5.10 Å². The molecule has 1 heterocycles. The summed E-state index contributed by atoms with van der Waals surface area (Å²) >= 11 is 5.30. The molecular weight excluding hydrogens is 515 g/mol. The molecular formula is C27H20F3N5O2S. The third-order valence-electron chi connectivity index (χ3n) is 5.64. The number of hydrazone groups is 1. The molecule has 0 spiro atoms. The van der Waals surface area contributed by atoms with E-state index in [1.54, 1.807) is 36.4 Å². The summed E-state index contributed by atoms with van der Waals surface area (Å²) in [6, 6.07) is 22.7. The van der Waals surface area contributed by atoms with E-state index in [1.807, 2.05) is 54.6 Å². The molecule has 0 atom stereocenters. The van der Waals surface area contributed by atoms with Gasteiger partial charge in [-0.25, -0.2) is 4.98 Å². The van der Waals surface area contributed by atoms with Crippen LogP contribution in [0.5, 0.6) is 11.5 Å². The molecule has 0 aliphatic heterocycles. The molecule has 0 aliphatic carbocycles. The fourth-order valence-corrected chi connectivity index (χ4v) is 4.15. The number of para-hydroxylation sites is 2. The van der Waals surface area contributed by atoms with Crippen molar-refractivity contribution in [1.82, 2.24) is 15.0 Å². The van der Waals surface area contributed by atoms with Crippen molar-refractivity contribution in [2.75, 3.05) is 12.4 Å². The first-order chi connectivity index (χ1) is 18.3. The highest BCUT2D eigenvalue weighted by atomic mass is 32.1. The maximum atomic E-state index is 12.4. The summed E-state index contributed by atoms with van der Waals surface area (Å²) in [5.41, 5.74) is 6.61. The Morgan fingerprint density at radius 1 is 1.03 bits per heavy atom. The zero-order valence-corrected chi connectivity index (χ0v) is 20.7. The number of nitrogens with one attached hydrogen (secondary N) is 2. The first-order valence-corrected chi connectivity index (χ1v) is 11.7. The summed E-state index contributed by atoms with van der Waals surface area (Å²) in [5, 5.41) is 9.45. The lowest BCUT2D eigenvalue weighted by molar-refractivity contribution is -0.274. The molecule has 5 rings (SSSR count). The minimum Gasteiger partial charge on any atom is -0.495 e. The molecule has 0 saturated carbocycles. The van der Waals surface area contributed by atoms with E-state index in [0.29, 0.717) is 16.5 Å². The van der Waals surface area contributed by atoms with Crippen LogP contribution in [0.3, 0.4) is 0 Å². The van der Waals surface area contributed by atoms with Gasteiger partial charge in [-0.05, 0) is 71.7 Å². The van der Waals surface area contributed by atoms with Gasteiger partial charge in [0.05, 0.1) is 30.0 Å². The molecule has 11 heteroatoms. The number of thiocarbonyl (C=S) groups is 1. The number of ether oxygens (including phenoxy) is 2. The first kappa shape index (κ1) is 25.0. The largest absolute Gasteiger partial charge is 0.573 e. The van der Waals surface area contributed by atoms with Crippen molar-refractivity contribution in [2.24, 2.45) is 5.10 Å². The van der Waals surface area contributed by atoms with Crippen molar-refractivity contribution < 1.29 is 22.6 Å². The molecule has 38 heavy (non-hydrogen) atoms. The second kappa shape index (κ2) is 10.4. The third kappa shape index (κ3) is 5.52. The van der Waals surface area contributed by atoms with Crippen LogP contribution in [0, 0.1) is 0 Å². The number of fused-ring (bicyclic) bond motifs is 3. The number of aromatic nitrogens is 2. The van der Waals surface area contributed by atoms with E-state index in [9.17, 15) is 13.2 Å². The van der Waals surface area contributed by atoms with Crippen molar-refractivity contribution in [3.8, 4) is 17.2 Å². The van der Waals surface area contributed by atoms with Crippen molar-refractivity contribution in [3.63, 3.8) is 0 Å². The monoisotopic (exact) mass is 535 g/mol. The Balaban J connectivity index is 1.31. The number of imidazole rings is 1. The van der Waals surface area contributed by atoms with Gasteiger partial charge in [-0.15, -0.1) is 13.2 Å². The minimum absolute atomic E-state index is 0.281. The quantitative estimate of drug-likeness (QED) is 0.149. The van der Waals surface area contributed by atoms with E-state index in [2.05, 4.69) is 25.6 Å². The van der Waals surface area contributed by atoms with E-state index < -0.39 is 6.36 Å². The summed E-state index contributed by atoms with van der Waals surface area (Å²) in [7, 11) is 1.58. The highest BCUT2D eigenvalue weighted by Crippen LogP contribution is 2.29. The van der Waals surface area contributed by atoms with E-state index in [4.69, 9.17) is 17.0 Å². The summed E-state index contributed by atoms with van der Waals surface area (Å²) < 4.78 is 48.4. The average Bonchev–Trinajstić information content (AvgIpc) is 3.33. The number of rotatable bonds is 6. The fraction of sp³-hybridized carbons (Fsp3) is 0.0741. The van der Waals surface area contributed by atoms with Gasteiger partial charge in [0.15, 0.2) is 5.11 Å². The Bertz CT molecular complexity index is 1650. The summed E-state index contributed by atoms with van der Waals surface area (Å²) in [6.45, 7) is 0. The normalized spacial score (nSPS) is 11.7. The van der Waals surface area contributed by atoms with E-state index in [1.165, 1.54) is 12.1 Å². The number of hydrogen-bond donors (Lipinski definition) is 2. The summed E-state index contributed by atoms with van der Waals surface area (Å²) in [5.74, 6) is 0.382. The summed E-state index contributed by atoms with van der Waals surface area (Å²) in [4.78, 5) is 4.54. The Labute approximate surface area is 220 Å². The number of benzene rings is 4. The van der Waals surface area contributed by atoms with Gasteiger partial charge >= 0.3 is 6.36 Å². The van der Waals surface area contributed by atoms with Gasteiger partial charge in [0.2, 0.25) is 0 Å². The number of anilines is 1. The average molecular weight is 536 g/mol. The van der Waals surface area contributed by atoms with E-state index in [-0.39, 0.29) is 5.75 Å². The minimum atomic E-state index is -4.74. The van der Waals surface area contributed by atoms with Gasteiger partial charge in [-0.1, -0.05) is 30.3 Å². The van der Waals surface area contributed by atoms with Gasteiger partial charge in [0.25, 0.3) is 0 Å². The van der Waals surface area contributed by atoms with Crippen molar-refractivity contribution in [1.29, 1.82) is 0 Å². The second-order valence-electron chi connectivity index (χ2n) is 8.09. The Morgan fingerprint density at radius 2 is 1.82 bits per heavy atom. The highest BCUT2D eigenvalue weighted by Gasteiger charge is 2.31. The molecule has 0 saturated heterocycles. The zero-order chi connectivity index (χ0) is 26.7. The lowest BCUT2D eigenvalue weighted by Gasteiger charge is -2.10. The SMILES string of the molecule is COc1ccccc1NC(=S)N/N=C/c1ccc2c(ccc3c2ncn3-c2ccc(OC(F)(F)F)cc2)c1. The number of hydrogen-bond acceptors (Lipinski definition) is 5. The smallest absolute Gasteiger partial charge is 0.495 e. The van der Waals surface area contributed by atoms with Gasteiger partial charge < -0.3 is 14.8 Å². The molecule has 0 bridgehead atoms. The Kier molecular flexibility index (Phi) is 6.84. The lowest BCUT2D eigenvalue weighted by atomic mass is 10.1. The van der Waals surface area contributed by atoms with E-state index >= 15 is 0 Å². The molecule has 5 aromatic rings. The number of nitrogens with zero attached hydrogens (tertiary/aromatic N) is 3. The summed E-state index contributed by atoms with van der Waals surface area (Å²) in [6.07, 6.45) is -1.44. The molecule has 0 radical (unpaired) electrons. The van der Waals surface area contributed by atoms with Crippen LogP contribution in [0.1, 0.15) is 5.56 Å². The molecule has 0 fully saturated rings. The van der Waals surface area contributed by atoms with Gasteiger partial charge in [0, 0.05) is 11.1 Å². The lowest BCUT2D eigenvalue weighted by Crippen LogP contribution is -2.24. The maximum absolute atomic E-state index is 12.4. The van der Waals surface area contributed by atoms with Crippen LogP contribution in [0.15, 0.2) is 90.3 Å². The third-order valence-corrected chi connectivity index (χ3v) is 5.83. The standard InChI is InChI=1S/C27H20F3N5O2S/c1-36-24-5-3-2-4-22(24)33-26(38)34-32-15-17-6-12-21-18(14-17)7-13-23-25(21)31-16-35(23)19-8-10-20(11-9-19)37-27(28,29)30/h2-16H,1H3,(H2,33,34,38)/b32-15+. The van der Waals surface area contributed by atoms with Crippen molar-refractivity contribution in [2.45, 2.75) is 6.36 Å². The number of halogens is 3. The topological polar surface area (TPSA) is 72.7 Å². The Hall–Kier alpha value is -4.64. The predicted molar refractivity (Wildman–Crippen MR) is 145 cm³/mol. The zero-order valence-electron chi connectivity index (χ0n) is 19.9. The molecule has 7 nitrogen and oxygen atoms in total. The molecule has 4 aromatic carbocycles.